The minimum atomic E-state index is -0.663. The monoisotopic (exact) mass is 505 g/mol. The number of ether oxygens (including phenoxy) is 2. The smallest absolute Gasteiger partial charge is 0.325 e. The van der Waals surface area contributed by atoms with Crippen LogP contribution in [0.1, 0.15) is 77.3 Å². The number of nitrogens with one attached hydrogen (secondary N) is 1. The molecule has 9 heteroatoms. The van der Waals surface area contributed by atoms with Gasteiger partial charge in [0.25, 0.3) is 0 Å². The average Bonchev–Trinajstić information content (AvgIpc) is 2.82. The fourth-order valence-electron chi connectivity index (χ4n) is 4.66. The minimum absolute atomic E-state index is 0.132. The Kier molecular flexibility index (Phi) is 7.34. The largest absolute Gasteiger partial charge is 0.463 e. The van der Waals surface area contributed by atoms with Crippen LogP contribution in [0.5, 0.6) is 5.88 Å². The molecule has 0 saturated heterocycles. The molecule has 0 bridgehead atoms. The first-order valence-corrected chi connectivity index (χ1v) is 12.6. The summed E-state index contributed by atoms with van der Waals surface area (Å²) in [4.78, 5) is 37.0. The lowest BCUT2D eigenvalue weighted by Gasteiger charge is -2.32. The number of carbonyl (C=O) groups is 2. The number of hydrogen-bond donors (Lipinski definition) is 2. The lowest BCUT2D eigenvalue weighted by molar-refractivity contribution is -0.154. The summed E-state index contributed by atoms with van der Waals surface area (Å²) in [5.41, 5.74) is 9.32. The fourth-order valence-corrected chi connectivity index (χ4v) is 4.66. The number of rotatable bonds is 5. The predicted octanol–water partition coefficient (Wildman–Crippen LogP) is 4.39. The summed E-state index contributed by atoms with van der Waals surface area (Å²) in [6.07, 6.45) is 6.61. The predicted molar refractivity (Wildman–Crippen MR) is 142 cm³/mol. The van der Waals surface area contributed by atoms with E-state index in [0.717, 1.165) is 42.5 Å². The van der Waals surface area contributed by atoms with Crippen LogP contribution in [0.3, 0.4) is 0 Å². The maximum Gasteiger partial charge on any atom is 0.325 e. The third-order valence-electron chi connectivity index (χ3n) is 6.41. The Morgan fingerprint density at radius 2 is 1.84 bits per heavy atom. The Labute approximate surface area is 217 Å². The molecular formula is C28H35N5O4. The van der Waals surface area contributed by atoms with Crippen molar-refractivity contribution < 1.29 is 19.1 Å². The van der Waals surface area contributed by atoms with Crippen LogP contribution >= 0.6 is 0 Å². The van der Waals surface area contributed by atoms with E-state index in [2.05, 4.69) is 39.6 Å². The van der Waals surface area contributed by atoms with Gasteiger partial charge < -0.3 is 20.5 Å². The molecule has 1 aliphatic heterocycles. The van der Waals surface area contributed by atoms with E-state index < -0.39 is 17.2 Å². The third kappa shape index (κ3) is 6.53. The molecule has 0 spiro atoms. The highest BCUT2D eigenvalue weighted by atomic mass is 16.6. The Balaban J connectivity index is 1.36. The third-order valence-corrected chi connectivity index (χ3v) is 6.41. The molecule has 1 aromatic heterocycles. The Morgan fingerprint density at radius 3 is 2.49 bits per heavy atom. The highest BCUT2D eigenvalue weighted by Crippen LogP contribution is 2.40. The first-order valence-electron chi connectivity index (χ1n) is 12.6. The number of benzene rings is 1. The number of amides is 1. The SMILES string of the molecule is CC(C)(C)OC(=O)CNC(=O)C=C1CCC(c2ccc(C3=Nc4c(N)ncnc4OC3(C)C)cc2)CC1. The van der Waals surface area contributed by atoms with Crippen molar-refractivity contribution in [1.82, 2.24) is 15.3 Å². The zero-order valence-electron chi connectivity index (χ0n) is 22.1. The second-order valence-electron chi connectivity index (χ2n) is 11.0. The normalized spacial score (nSPS) is 18.7. The highest BCUT2D eigenvalue weighted by molar-refractivity contribution is 6.09. The summed E-state index contributed by atoms with van der Waals surface area (Å²) in [7, 11) is 0. The summed E-state index contributed by atoms with van der Waals surface area (Å²) in [6, 6.07) is 8.42. The molecular weight excluding hydrogens is 470 g/mol. The summed E-state index contributed by atoms with van der Waals surface area (Å²) in [6.45, 7) is 9.17. The quantitative estimate of drug-likeness (QED) is 0.455. The molecule has 1 aliphatic carbocycles. The van der Waals surface area contributed by atoms with Gasteiger partial charge in [-0.1, -0.05) is 29.8 Å². The second-order valence-corrected chi connectivity index (χ2v) is 11.0. The highest BCUT2D eigenvalue weighted by Gasteiger charge is 2.35. The number of hydrogen-bond acceptors (Lipinski definition) is 8. The van der Waals surface area contributed by atoms with Crippen LogP contribution in [0.15, 0.2) is 47.2 Å². The molecule has 9 nitrogen and oxygen atoms in total. The van der Waals surface area contributed by atoms with Crippen molar-refractivity contribution in [2.45, 2.75) is 77.4 Å². The maximum atomic E-state index is 12.2. The van der Waals surface area contributed by atoms with E-state index in [1.165, 1.54) is 11.9 Å². The Bertz CT molecular complexity index is 1230. The van der Waals surface area contributed by atoms with Crippen LogP contribution in [0, 0.1) is 0 Å². The number of aliphatic imine (C=N–C) groups is 1. The topological polar surface area (TPSA) is 129 Å². The molecule has 2 aromatic rings. The molecule has 1 amide bonds. The number of nitrogens with two attached hydrogens (primary N) is 1. The summed E-state index contributed by atoms with van der Waals surface area (Å²) in [5.74, 6) is 0.399. The standard InChI is InChI=1S/C28H35N5O4/c1-27(2,3)36-22(35)15-30-21(34)14-17-6-8-18(9-7-17)19-10-12-20(13-11-19)24-28(4,5)37-26-23(33-24)25(29)31-16-32-26/h10-14,16,18H,6-9,15H2,1-5H3,(H,30,34)(H2,29,31,32). The van der Waals surface area contributed by atoms with Gasteiger partial charge in [-0.05, 0) is 71.8 Å². The zero-order chi connectivity index (χ0) is 26.8. The van der Waals surface area contributed by atoms with Gasteiger partial charge in [-0.2, -0.15) is 4.98 Å². The second kappa shape index (κ2) is 10.3. The van der Waals surface area contributed by atoms with Crippen LogP contribution < -0.4 is 15.8 Å². The lowest BCUT2D eigenvalue weighted by Crippen LogP contribution is -2.41. The lowest BCUT2D eigenvalue weighted by atomic mass is 9.81. The molecule has 0 unspecified atom stereocenters. The first kappa shape index (κ1) is 26.3. The number of fused-ring (bicyclic) bond motifs is 1. The number of nitrogens with zero attached hydrogens (tertiary/aromatic N) is 3. The maximum absolute atomic E-state index is 12.2. The molecule has 2 aliphatic rings. The van der Waals surface area contributed by atoms with Crippen LogP contribution in [-0.4, -0.2) is 45.3 Å². The van der Waals surface area contributed by atoms with E-state index in [1.807, 2.05) is 13.8 Å². The molecule has 1 saturated carbocycles. The average molecular weight is 506 g/mol. The first-order chi connectivity index (χ1) is 17.4. The van der Waals surface area contributed by atoms with E-state index in [4.69, 9.17) is 20.2 Å². The molecule has 1 fully saturated rings. The van der Waals surface area contributed by atoms with Crippen LogP contribution in [0.2, 0.25) is 0 Å². The van der Waals surface area contributed by atoms with Gasteiger partial charge in [0, 0.05) is 11.6 Å². The fraction of sp³-hybridized carbons (Fsp3) is 0.464. The zero-order valence-corrected chi connectivity index (χ0v) is 22.1. The van der Waals surface area contributed by atoms with Crippen molar-refractivity contribution in [3.63, 3.8) is 0 Å². The van der Waals surface area contributed by atoms with E-state index in [9.17, 15) is 9.59 Å². The number of carbonyl (C=O) groups excluding carboxylic acids is 2. The number of allylic oxidation sites excluding steroid dienone is 1. The summed E-state index contributed by atoms with van der Waals surface area (Å²) < 4.78 is 11.3. The Morgan fingerprint density at radius 1 is 1.16 bits per heavy atom. The van der Waals surface area contributed by atoms with Gasteiger partial charge in [0.1, 0.15) is 24.1 Å². The van der Waals surface area contributed by atoms with Crippen LogP contribution in [0.25, 0.3) is 0 Å². The molecule has 2 heterocycles. The van der Waals surface area contributed by atoms with E-state index in [1.54, 1.807) is 26.8 Å². The van der Waals surface area contributed by atoms with Crippen LogP contribution in [0.4, 0.5) is 11.5 Å². The van der Waals surface area contributed by atoms with E-state index in [-0.39, 0.29) is 12.5 Å². The number of aromatic nitrogens is 2. The van der Waals surface area contributed by atoms with Gasteiger partial charge in [-0.15, -0.1) is 0 Å². The van der Waals surface area contributed by atoms with Gasteiger partial charge in [0.05, 0.1) is 5.71 Å². The molecule has 37 heavy (non-hydrogen) atoms. The summed E-state index contributed by atoms with van der Waals surface area (Å²) in [5, 5.41) is 2.62. The van der Waals surface area contributed by atoms with Crippen LogP contribution in [-0.2, 0) is 14.3 Å². The number of anilines is 1. The molecule has 1 aromatic carbocycles. The van der Waals surface area contributed by atoms with Crippen molar-refractivity contribution in [2.75, 3.05) is 12.3 Å². The van der Waals surface area contributed by atoms with E-state index in [0.29, 0.717) is 23.3 Å². The van der Waals surface area contributed by atoms with Gasteiger partial charge in [-0.25, -0.2) is 9.98 Å². The molecule has 0 radical (unpaired) electrons. The van der Waals surface area contributed by atoms with Gasteiger partial charge in [0.15, 0.2) is 11.5 Å². The number of esters is 1. The van der Waals surface area contributed by atoms with Gasteiger partial charge >= 0.3 is 5.97 Å². The molecule has 196 valence electrons. The van der Waals surface area contributed by atoms with Gasteiger partial charge in [-0.3, -0.25) is 9.59 Å². The minimum Gasteiger partial charge on any atom is -0.463 e. The van der Waals surface area contributed by atoms with Crippen molar-refractivity contribution in [2.24, 2.45) is 4.99 Å². The van der Waals surface area contributed by atoms with Gasteiger partial charge in [0.2, 0.25) is 11.8 Å². The van der Waals surface area contributed by atoms with Crippen molar-refractivity contribution in [3.8, 4) is 5.88 Å². The molecule has 0 atom stereocenters. The van der Waals surface area contributed by atoms with Crippen molar-refractivity contribution in [3.05, 3.63) is 53.4 Å². The Hall–Kier alpha value is -3.75. The molecule has 3 N–H and O–H groups in total. The molecule has 4 rings (SSSR count). The van der Waals surface area contributed by atoms with Crippen molar-refractivity contribution >= 4 is 29.1 Å². The number of nitrogen functional groups attached to an aromatic ring is 1. The summed E-state index contributed by atoms with van der Waals surface area (Å²) >= 11 is 0. The van der Waals surface area contributed by atoms with Crippen molar-refractivity contribution in [1.29, 1.82) is 0 Å². The van der Waals surface area contributed by atoms with E-state index >= 15 is 0 Å².